The third-order valence-corrected chi connectivity index (χ3v) is 3.13. The second-order valence-corrected chi connectivity index (χ2v) is 4.20. The molecule has 0 fully saturated rings. The maximum atomic E-state index is 11.4. The number of carbonyl (C=O) groups is 1. The topological polar surface area (TPSA) is 59.4 Å². The van der Waals surface area contributed by atoms with Crippen molar-refractivity contribution < 1.29 is 14.6 Å². The Morgan fingerprint density at radius 1 is 1.39 bits per heavy atom. The molecule has 1 atom stereocenters. The first-order valence-electron chi connectivity index (χ1n) is 5.71. The van der Waals surface area contributed by atoms with Crippen LogP contribution in [0.5, 0.6) is 0 Å². The number of hydrogen-bond donors (Lipinski definition) is 1. The Morgan fingerprint density at radius 2 is 2.06 bits per heavy atom. The Hall–Kier alpha value is -1.94. The highest BCUT2D eigenvalue weighted by atomic mass is 16.5. The summed E-state index contributed by atoms with van der Waals surface area (Å²) in [5.74, 6) is -0.935. The first kappa shape index (κ1) is 12.5. The molecule has 1 N–H and O–H groups in total. The van der Waals surface area contributed by atoms with Gasteiger partial charge < -0.3 is 9.84 Å². The van der Waals surface area contributed by atoms with Gasteiger partial charge in [-0.05, 0) is 25.5 Å². The summed E-state index contributed by atoms with van der Waals surface area (Å²) in [6, 6.07) is 7.25. The zero-order valence-electron chi connectivity index (χ0n) is 10.6. The molecule has 4 heteroatoms. The molecule has 0 amide bonds. The predicted octanol–water partition coefficient (Wildman–Crippen LogP) is 2.95. The van der Waals surface area contributed by atoms with Gasteiger partial charge in [-0.2, -0.15) is 0 Å². The zero-order chi connectivity index (χ0) is 13.3. The summed E-state index contributed by atoms with van der Waals surface area (Å²) in [5.41, 5.74) is 2.32. The van der Waals surface area contributed by atoms with Gasteiger partial charge in [0.05, 0.1) is 22.9 Å². The van der Waals surface area contributed by atoms with Crippen LogP contribution in [0, 0.1) is 6.92 Å². The highest BCUT2D eigenvalue weighted by Gasteiger charge is 2.19. The van der Waals surface area contributed by atoms with Crippen LogP contribution >= 0.6 is 0 Å². The number of para-hydroxylation sites is 1. The minimum absolute atomic E-state index is 0.229. The summed E-state index contributed by atoms with van der Waals surface area (Å²) in [7, 11) is 1.58. The van der Waals surface area contributed by atoms with E-state index in [1.54, 1.807) is 20.1 Å². The average Bonchev–Trinajstić information content (AvgIpc) is 2.36. The normalized spacial score (nSPS) is 12.6. The number of fused-ring (bicyclic) bond motifs is 1. The molecule has 1 unspecified atom stereocenters. The van der Waals surface area contributed by atoms with Gasteiger partial charge in [-0.15, -0.1) is 0 Å². The van der Waals surface area contributed by atoms with Crippen LogP contribution in [0.3, 0.4) is 0 Å². The standard InChI is InChI=1S/C14H15NO3/c1-8-12(14(16)17)10-6-4-5-7-11(10)15-13(8)9(2)18-3/h4-7,9H,1-3H3,(H,16,17). The van der Waals surface area contributed by atoms with E-state index >= 15 is 0 Å². The van der Waals surface area contributed by atoms with Crippen molar-refractivity contribution in [3.05, 3.63) is 41.1 Å². The Balaban J connectivity index is 2.83. The van der Waals surface area contributed by atoms with Crippen molar-refractivity contribution >= 4 is 16.9 Å². The highest BCUT2D eigenvalue weighted by Crippen LogP contribution is 2.27. The molecule has 4 nitrogen and oxygen atoms in total. The summed E-state index contributed by atoms with van der Waals surface area (Å²) in [5, 5.41) is 10.0. The van der Waals surface area contributed by atoms with Gasteiger partial charge in [0.2, 0.25) is 0 Å². The molecule has 0 aliphatic rings. The van der Waals surface area contributed by atoms with Crippen LogP contribution in [0.4, 0.5) is 0 Å². The van der Waals surface area contributed by atoms with Crippen molar-refractivity contribution in [1.82, 2.24) is 4.98 Å². The highest BCUT2D eigenvalue weighted by molar-refractivity contribution is 6.04. The molecule has 0 saturated carbocycles. The Labute approximate surface area is 105 Å². The van der Waals surface area contributed by atoms with Crippen LogP contribution in [0.2, 0.25) is 0 Å². The fraction of sp³-hybridized carbons (Fsp3) is 0.286. The molecule has 0 aliphatic heterocycles. The van der Waals surface area contributed by atoms with Gasteiger partial charge in [-0.25, -0.2) is 9.78 Å². The largest absolute Gasteiger partial charge is 0.478 e. The number of carboxylic acids is 1. The minimum Gasteiger partial charge on any atom is -0.478 e. The fourth-order valence-electron chi connectivity index (χ4n) is 2.11. The molecule has 0 bridgehead atoms. The maximum Gasteiger partial charge on any atom is 0.336 e. The van der Waals surface area contributed by atoms with E-state index in [1.165, 1.54) is 0 Å². The number of ether oxygens (including phenoxy) is 1. The first-order chi connectivity index (χ1) is 8.56. The number of pyridine rings is 1. The van der Waals surface area contributed by atoms with Crippen molar-refractivity contribution in [2.45, 2.75) is 20.0 Å². The lowest BCUT2D eigenvalue weighted by Crippen LogP contribution is -2.09. The third-order valence-electron chi connectivity index (χ3n) is 3.13. The number of rotatable bonds is 3. The lowest BCUT2D eigenvalue weighted by molar-refractivity contribution is 0.0697. The monoisotopic (exact) mass is 245 g/mol. The molecule has 1 aromatic heterocycles. The molecule has 0 saturated heterocycles. The van der Waals surface area contributed by atoms with E-state index < -0.39 is 5.97 Å². The summed E-state index contributed by atoms with van der Waals surface area (Å²) in [6.07, 6.45) is -0.229. The summed E-state index contributed by atoms with van der Waals surface area (Å²) >= 11 is 0. The van der Waals surface area contributed by atoms with E-state index in [0.29, 0.717) is 27.7 Å². The third kappa shape index (κ3) is 1.95. The first-order valence-corrected chi connectivity index (χ1v) is 5.71. The Morgan fingerprint density at radius 3 is 2.67 bits per heavy atom. The molecule has 18 heavy (non-hydrogen) atoms. The van der Waals surface area contributed by atoms with Crippen LogP contribution in [0.1, 0.15) is 34.6 Å². The predicted molar refractivity (Wildman–Crippen MR) is 68.9 cm³/mol. The van der Waals surface area contributed by atoms with Crippen molar-refractivity contribution in [2.24, 2.45) is 0 Å². The van der Waals surface area contributed by atoms with Gasteiger partial charge in [0.25, 0.3) is 0 Å². The molecule has 0 radical (unpaired) electrons. The Bertz CT molecular complexity index is 607. The zero-order valence-corrected chi connectivity index (χ0v) is 10.6. The molecule has 0 spiro atoms. The van der Waals surface area contributed by atoms with E-state index in [0.717, 1.165) is 0 Å². The van der Waals surface area contributed by atoms with E-state index in [-0.39, 0.29) is 6.10 Å². The Kier molecular flexibility index (Phi) is 3.30. The molecule has 94 valence electrons. The van der Waals surface area contributed by atoms with Gasteiger partial charge in [0.1, 0.15) is 0 Å². The smallest absolute Gasteiger partial charge is 0.336 e. The molecule has 1 aromatic carbocycles. The molecular weight excluding hydrogens is 230 g/mol. The lowest BCUT2D eigenvalue weighted by Gasteiger charge is -2.15. The van der Waals surface area contributed by atoms with Crippen LogP contribution in [0.15, 0.2) is 24.3 Å². The number of carboxylic acid groups (broad SMARTS) is 1. The number of methoxy groups -OCH3 is 1. The summed E-state index contributed by atoms with van der Waals surface area (Å²) < 4.78 is 5.25. The van der Waals surface area contributed by atoms with Gasteiger partial charge >= 0.3 is 5.97 Å². The number of nitrogens with zero attached hydrogens (tertiary/aromatic N) is 1. The van der Waals surface area contributed by atoms with Crippen LogP contribution in [0.25, 0.3) is 10.9 Å². The van der Waals surface area contributed by atoms with Gasteiger partial charge in [0.15, 0.2) is 0 Å². The second-order valence-electron chi connectivity index (χ2n) is 4.20. The molecule has 2 aromatic rings. The van der Waals surface area contributed by atoms with Crippen molar-refractivity contribution in [1.29, 1.82) is 0 Å². The summed E-state index contributed by atoms with van der Waals surface area (Å²) in [4.78, 5) is 15.9. The van der Waals surface area contributed by atoms with Crippen molar-refractivity contribution in [3.63, 3.8) is 0 Å². The quantitative estimate of drug-likeness (QED) is 0.903. The molecular formula is C14H15NO3. The van der Waals surface area contributed by atoms with Crippen LogP contribution in [-0.4, -0.2) is 23.2 Å². The number of benzene rings is 1. The fourth-order valence-corrected chi connectivity index (χ4v) is 2.11. The second kappa shape index (κ2) is 4.74. The van der Waals surface area contributed by atoms with E-state index in [1.807, 2.05) is 25.1 Å². The van der Waals surface area contributed by atoms with E-state index in [9.17, 15) is 9.90 Å². The van der Waals surface area contributed by atoms with Gasteiger partial charge in [-0.3, -0.25) is 0 Å². The maximum absolute atomic E-state index is 11.4. The molecule has 2 rings (SSSR count). The van der Waals surface area contributed by atoms with Crippen LogP contribution in [-0.2, 0) is 4.74 Å². The van der Waals surface area contributed by atoms with Crippen molar-refractivity contribution in [2.75, 3.05) is 7.11 Å². The average molecular weight is 245 g/mol. The van der Waals surface area contributed by atoms with E-state index in [4.69, 9.17) is 4.74 Å². The number of aromatic carboxylic acids is 1. The number of hydrogen-bond acceptors (Lipinski definition) is 3. The van der Waals surface area contributed by atoms with Crippen molar-refractivity contribution in [3.8, 4) is 0 Å². The summed E-state index contributed by atoms with van der Waals surface area (Å²) in [6.45, 7) is 3.63. The SMILES string of the molecule is COC(C)c1nc2ccccc2c(C(=O)O)c1C. The molecule has 1 heterocycles. The molecule has 0 aliphatic carbocycles. The van der Waals surface area contributed by atoms with E-state index in [2.05, 4.69) is 4.98 Å². The number of aromatic nitrogens is 1. The lowest BCUT2D eigenvalue weighted by atomic mass is 9.99. The van der Waals surface area contributed by atoms with Gasteiger partial charge in [0, 0.05) is 12.5 Å². The van der Waals surface area contributed by atoms with Gasteiger partial charge in [-0.1, -0.05) is 18.2 Å². The minimum atomic E-state index is -0.935. The van der Waals surface area contributed by atoms with Crippen LogP contribution < -0.4 is 0 Å².